The molecule has 0 atom stereocenters. The minimum Gasteiger partial charge on any atom is -0.494 e. The number of ether oxygens (including phenoxy) is 2. The van der Waals surface area contributed by atoms with Gasteiger partial charge in [0, 0.05) is 5.56 Å². The van der Waals surface area contributed by atoms with Crippen molar-refractivity contribution in [1.29, 1.82) is 0 Å². The molecule has 0 amide bonds. The van der Waals surface area contributed by atoms with Crippen LogP contribution in [0, 0.1) is 0 Å². The van der Waals surface area contributed by atoms with Crippen molar-refractivity contribution in [3.8, 4) is 5.75 Å². The van der Waals surface area contributed by atoms with Gasteiger partial charge in [-0.2, -0.15) is 11.3 Å². The number of benzene rings is 1. The molecule has 94 valence electrons. The lowest BCUT2D eigenvalue weighted by Crippen LogP contribution is -2.08. The Labute approximate surface area is 109 Å². The molecule has 0 spiro atoms. The Bertz CT molecular complexity index is 537. The molecular weight excluding hydrogens is 250 g/mol. The minimum atomic E-state index is -0.439. The number of thiophene rings is 1. The van der Waals surface area contributed by atoms with Crippen LogP contribution in [0.5, 0.6) is 5.75 Å². The lowest BCUT2D eigenvalue weighted by Gasteiger charge is -2.10. The summed E-state index contributed by atoms with van der Waals surface area (Å²) < 4.78 is 10.3. The van der Waals surface area contributed by atoms with Gasteiger partial charge in [-0.3, -0.25) is 0 Å². The zero-order valence-corrected chi connectivity index (χ0v) is 10.7. The van der Waals surface area contributed by atoms with E-state index in [1.165, 1.54) is 7.11 Å². The monoisotopic (exact) mass is 263 g/mol. The van der Waals surface area contributed by atoms with Gasteiger partial charge in [0.15, 0.2) is 5.75 Å². The predicted octanol–water partition coefficient (Wildman–Crippen LogP) is 2.70. The maximum absolute atomic E-state index is 11.9. The third kappa shape index (κ3) is 2.62. The van der Waals surface area contributed by atoms with E-state index < -0.39 is 5.97 Å². The molecule has 2 rings (SSSR count). The summed E-state index contributed by atoms with van der Waals surface area (Å²) in [6.07, 6.45) is 0. The first-order valence-corrected chi connectivity index (χ1v) is 6.27. The second-order valence-electron chi connectivity index (χ2n) is 3.64. The fourth-order valence-corrected chi connectivity index (χ4v) is 2.20. The molecule has 5 heteroatoms. The first kappa shape index (κ1) is 12.4. The van der Waals surface area contributed by atoms with Crippen LogP contribution in [-0.4, -0.2) is 13.1 Å². The van der Waals surface area contributed by atoms with Gasteiger partial charge in [-0.15, -0.1) is 0 Å². The van der Waals surface area contributed by atoms with E-state index in [9.17, 15) is 4.79 Å². The van der Waals surface area contributed by atoms with Crippen LogP contribution in [0.3, 0.4) is 0 Å². The molecule has 0 aliphatic rings. The molecule has 0 bridgehead atoms. The number of hydrogen-bond acceptors (Lipinski definition) is 5. The Morgan fingerprint density at radius 3 is 2.89 bits per heavy atom. The van der Waals surface area contributed by atoms with Crippen LogP contribution in [-0.2, 0) is 11.3 Å². The van der Waals surface area contributed by atoms with E-state index in [0.29, 0.717) is 17.0 Å². The highest BCUT2D eigenvalue weighted by Crippen LogP contribution is 2.26. The molecule has 0 aliphatic heterocycles. The zero-order chi connectivity index (χ0) is 13.0. The SMILES string of the molecule is COc1c(N)cccc1C(=O)OCc1ccsc1. The summed E-state index contributed by atoms with van der Waals surface area (Å²) in [5.41, 5.74) is 7.46. The summed E-state index contributed by atoms with van der Waals surface area (Å²) in [5, 5.41) is 3.87. The van der Waals surface area contributed by atoms with Crippen LogP contribution < -0.4 is 10.5 Å². The third-order valence-electron chi connectivity index (χ3n) is 2.42. The van der Waals surface area contributed by atoms with Crippen molar-refractivity contribution < 1.29 is 14.3 Å². The number of carbonyl (C=O) groups excluding carboxylic acids is 1. The number of nitrogen functional groups attached to an aromatic ring is 1. The van der Waals surface area contributed by atoms with Crippen LogP contribution in [0.2, 0.25) is 0 Å². The summed E-state index contributed by atoms with van der Waals surface area (Å²) >= 11 is 1.56. The van der Waals surface area contributed by atoms with Gasteiger partial charge in [0.2, 0.25) is 0 Å². The molecule has 1 heterocycles. The maximum atomic E-state index is 11.9. The van der Waals surface area contributed by atoms with E-state index in [4.69, 9.17) is 15.2 Å². The van der Waals surface area contributed by atoms with Crippen molar-refractivity contribution in [3.05, 3.63) is 46.2 Å². The largest absolute Gasteiger partial charge is 0.494 e. The maximum Gasteiger partial charge on any atom is 0.342 e. The first-order chi connectivity index (χ1) is 8.72. The van der Waals surface area contributed by atoms with Gasteiger partial charge in [0.25, 0.3) is 0 Å². The van der Waals surface area contributed by atoms with Crippen LogP contribution in [0.4, 0.5) is 5.69 Å². The van der Waals surface area contributed by atoms with E-state index in [1.54, 1.807) is 29.5 Å². The summed E-state index contributed by atoms with van der Waals surface area (Å²) in [7, 11) is 1.47. The average molecular weight is 263 g/mol. The lowest BCUT2D eigenvalue weighted by atomic mass is 10.2. The number of rotatable bonds is 4. The van der Waals surface area contributed by atoms with E-state index in [0.717, 1.165) is 5.56 Å². The standard InChI is InChI=1S/C13H13NO3S/c1-16-12-10(3-2-4-11(12)14)13(15)17-7-9-5-6-18-8-9/h2-6,8H,7,14H2,1H3. The second-order valence-corrected chi connectivity index (χ2v) is 4.42. The first-order valence-electron chi connectivity index (χ1n) is 5.33. The summed E-state index contributed by atoms with van der Waals surface area (Å²) in [6.45, 7) is 0.250. The molecule has 0 radical (unpaired) electrons. The predicted molar refractivity (Wildman–Crippen MR) is 70.8 cm³/mol. The Morgan fingerprint density at radius 2 is 2.22 bits per heavy atom. The molecule has 0 fully saturated rings. The Morgan fingerprint density at radius 1 is 1.39 bits per heavy atom. The lowest BCUT2D eigenvalue weighted by molar-refractivity contribution is 0.0469. The number of para-hydroxylation sites is 1. The molecular formula is C13H13NO3S. The Balaban J connectivity index is 2.11. The fraction of sp³-hybridized carbons (Fsp3) is 0.154. The Kier molecular flexibility index (Phi) is 3.84. The van der Waals surface area contributed by atoms with Gasteiger partial charge in [-0.25, -0.2) is 4.79 Å². The highest BCUT2D eigenvalue weighted by molar-refractivity contribution is 7.07. The van der Waals surface area contributed by atoms with Crippen LogP contribution >= 0.6 is 11.3 Å². The van der Waals surface area contributed by atoms with Gasteiger partial charge >= 0.3 is 5.97 Å². The van der Waals surface area contributed by atoms with Crippen molar-refractivity contribution in [2.75, 3.05) is 12.8 Å². The van der Waals surface area contributed by atoms with Gasteiger partial charge < -0.3 is 15.2 Å². The zero-order valence-electron chi connectivity index (χ0n) is 9.88. The van der Waals surface area contributed by atoms with E-state index in [1.807, 2.05) is 16.8 Å². The number of methoxy groups -OCH3 is 1. The van der Waals surface area contributed by atoms with Gasteiger partial charge in [0.05, 0.1) is 12.8 Å². The van der Waals surface area contributed by atoms with E-state index >= 15 is 0 Å². The van der Waals surface area contributed by atoms with Crippen LogP contribution in [0.15, 0.2) is 35.0 Å². The second kappa shape index (κ2) is 5.55. The van der Waals surface area contributed by atoms with Crippen LogP contribution in [0.25, 0.3) is 0 Å². The van der Waals surface area contributed by atoms with Gasteiger partial charge in [0.1, 0.15) is 12.2 Å². The third-order valence-corrected chi connectivity index (χ3v) is 3.15. The molecule has 0 unspecified atom stereocenters. The molecule has 4 nitrogen and oxygen atoms in total. The fourth-order valence-electron chi connectivity index (χ4n) is 1.54. The van der Waals surface area contributed by atoms with Crippen molar-refractivity contribution in [3.63, 3.8) is 0 Å². The number of nitrogens with two attached hydrogens (primary N) is 1. The highest BCUT2D eigenvalue weighted by atomic mass is 32.1. The van der Waals surface area contributed by atoms with E-state index in [-0.39, 0.29) is 6.61 Å². The van der Waals surface area contributed by atoms with Gasteiger partial charge in [-0.1, -0.05) is 6.07 Å². The van der Waals surface area contributed by atoms with Crippen LogP contribution in [0.1, 0.15) is 15.9 Å². The number of esters is 1. The average Bonchev–Trinajstić information content (AvgIpc) is 2.88. The molecule has 0 saturated heterocycles. The molecule has 0 saturated carbocycles. The van der Waals surface area contributed by atoms with Crippen molar-refractivity contribution in [2.45, 2.75) is 6.61 Å². The van der Waals surface area contributed by atoms with Gasteiger partial charge in [-0.05, 0) is 29.0 Å². The summed E-state index contributed by atoms with van der Waals surface area (Å²) in [4.78, 5) is 11.9. The van der Waals surface area contributed by atoms with Crippen molar-refractivity contribution in [2.24, 2.45) is 0 Å². The topological polar surface area (TPSA) is 61.5 Å². The molecule has 18 heavy (non-hydrogen) atoms. The minimum absolute atomic E-state index is 0.250. The van der Waals surface area contributed by atoms with Crippen molar-refractivity contribution >= 4 is 23.0 Å². The smallest absolute Gasteiger partial charge is 0.342 e. The molecule has 1 aromatic carbocycles. The summed E-state index contributed by atoms with van der Waals surface area (Å²) in [6, 6.07) is 6.91. The molecule has 2 N–H and O–H groups in total. The summed E-state index contributed by atoms with van der Waals surface area (Å²) in [5.74, 6) is -0.0850. The molecule has 1 aromatic heterocycles. The Hall–Kier alpha value is -2.01. The normalized spacial score (nSPS) is 10.1. The number of hydrogen-bond donors (Lipinski definition) is 1. The van der Waals surface area contributed by atoms with Crippen molar-refractivity contribution in [1.82, 2.24) is 0 Å². The highest BCUT2D eigenvalue weighted by Gasteiger charge is 2.15. The number of carbonyl (C=O) groups is 1. The quantitative estimate of drug-likeness (QED) is 0.680. The number of anilines is 1. The molecule has 2 aromatic rings. The molecule has 0 aliphatic carbocycles. The van der Waals surface area contributed by atoms with E-state index in [2.05, 4.69) is 0 Å².